The summed E-state index contributed by atoms with van der Waals surface area (Å²) in [6, 6.07) is 0. The highest BCUT2D eigenvalue weighted by molar-refractivity contribution is 5.03. The van der Waals surface area contributed by atoms with Crippen LogP contribution in [0.4, 0.5) is 0 Å². The summed E-state index contributed by atoms with van der Waals surface area (Å²) in [6.45, 7) is 7.05. The molecule has 0 saturated heterocycles. The summed E-state index contributed by atoms with van der Waals surface area (Å²) in [7, 11) is 1.93. The molecule has 0 aliphatic carbocycles. The van der Waals surface area contributed by atoms with Crippen LogP contribution in [0.2, 0.25) is 0 Å². The number of hydrogen-bond donors (Lipinski definition) is 1. The average molecular weight is 223 g/mol. The van der Waals surface area contributed by atoms with Gasteiger partial charge in [-0.05, 0) is 24.9 Å². The highest BCUT2D eigenvalue weighted by atomic mass is 16.5. The van der Waals surface area contributed by atoms with Crippen molar-refractivity contribution in [2.24, 2.45) is 7.05 Å². The molecule has 0 aliphatic rings. The molecule has 0 aliphatic heterocycles. The molecule has 0 amide bonds. The van der Waals surface area contributed by atoms with Gasteiger partial charge in [-0.25, -0.2) is 0 Å². The molecule has 1 heterocycles. The second kappa shape index (κ2) is 8.07. The lowest BCUT2D eigenvalue weighted by atomic mass is 10.2. The fraction of sp³-hybridized carbons (Fsp3) is 0.583. The van der Waals surface area contributed by atoms with Crippen molar-refractivity contribution in [1.29, 1.82) is 0 Å². The van der Waals surface area contributed by atoms with Crippen LogP contribution in [0.3, 0.4) is 0 Å². The molecule has 16 heavy (non-hydrogen) atoms. The predicted molar refractivity (Wildman–Crippen MR) is 65.4 cm³/mol. The van der Waals surface area contributed by atoms with Crippen LogP contribution in [0.15, 0.2) is 25.0 Å². The Labute approximate surface area is 97.3 Å². The van der Waals surface area contributed by atoms with E-state index >= 15 is 0 Å². The molecule has 0 spiro atoms. The Hall–Kier alpha value is -1.13. The quantitative estimate of drug-likeness (QED) is 0.504. The van der Waals surface area contributed by atoms with Crippen LogP contribution >= 0.6 is 0 Å². The lowest BCUT2D eigenvalue weighted by Crippen LogP contribution is -2.22. The Morgan fingerprint density at radius 1 is 1.50 bits per heavy atom. The molecular weight excluding hydrogens is 202 g/mol. The van der Waals surface area contributed by atoms with Gasteiger partial charge in [0.1, 0.15) is 0 Å². The van der Waals surface area contributed by atoms with Gasteiger partial charge >= 0.3 is 0 Å². The van der Waals surface area contributed by atoms with Gasteiger partial charge in [0.05, 0.1) is 19.4 Å². The molecule has 1 aromatic heterocycles. The van der Waals surface area contributed by atoms with Crippen molar-refractivity contribution in [3.63, 3.8) is 0 Å². The van der Waals surface area contributed by atoms with Crippen molar-refractivity contribution in [2.45, 2.75) is 12.8 Å². The molecule has 4 nitrogen and oxygen atoms in total. The van der Waals surface area contributed by atoms with E-state index < -0.39 is 0 Å². The van der Waals surface area contributed by atoms with Gasteiger partial charge in [-0.15, -0.1) is 6.58 Å². The van der Waals surface area contributed by atoms with Crippen LogP contribution in [0, 0.1) is 0 Å². The maximum Gasteiger partial charge on any atom is 0.0591 e. The van der Waals surface area contributed by atoms with E-state index in [2.05, 4.69) is 17.0 Å². The number of aromatic nitrogens is 2. The van der Waals surface area contributed by atoms with Crippen LogP contribution < -0.4 is 5.32 Å². The standard InChI is InChI=1S/C12H21N3O/c1-3-4-8-16-9-7-13-6-5-12-10-14-15(2)11-12/h3,10-11,13H,1,4-9H2,2H3. The lowest BCUT2D eigenvalue weighted by molar-refractivity contribution is 0.140. The normalized spacial score (nSPS) is 10.6. The minimum absolute atomic E-state index is 0.765. The van der Waals surface area contributed by atoms with E-state index in [4.69, 9.17) is 4.74 Å². The van der Waals surface area contributed by atoms with Crippen molar-refractivity contribution >= 4 is 0 Å². The van der Waals surface area contributed by atoms with E-state index in [1.165, 1.54) is 5.56 Å². The molecule has 0 radical (unpaired) electrons. The number of aryl methyl sites for hydroxylation is 1. The number of nitrogens with zero attached hydrogens (tertiary/aromatic N) is 2. The van der Waals surface area contributed by atoms with Crippen molar-refractivity contribution in [1.82, 2.24) is 15.1 Å². The summed E-state index contributed by atoms with van der Waals surface area (Å²) in [5, 5.41) is 7.45. The molecule has 0 bridgehead atoms. The Morgan fingerprint density at radius 2 is 2.38 bits per heavy atom. The number of ether oxygens (including phenoxy) is 1. The highest BCUT2D eigenvalue weighted by Crippen LogP contribution is 1.95. The Bertz CT molecular complexity index is 296. The molecule has 0 saturated carbocycles. The molecule has 0 fully saturated rings. The van der Waals surface area contributed by atoms with Gasteiger partial charge in [0.2, 0.25) is 0 Å². The number of rotatable bonds is 9. The molecule has 0 atom stereocenters. The first-order valence-corrected chi connectivity index (χ1v) is 5.70. The van der Waals surface area contributed by atoms with Crippen molar-refractivity contribution in [2.75, 3.05) is 26.3 Å². The van der Waals surface area contributed by atoms with Crippen LogP contribution in [-0.4, -0.2) is 36.1 Å². The fourth-order valence-electron chi connectivity index (χ4n) is 1.37. The third kappa shape index (κ3) is 5.68. The lowest BCUT2D eigenvalue weighted by Gasteiger charge is -2.04. The summed E-state index contributed by atoms with van der Waals surface area (Å²) in [5.74, 6) is 0. The SMILES string of the molecule is C=CCCOCCNCCc1cnn(C)c1. The van der Waals surface area contributed by atoms with Gasteiger partial charge in [-0.1, -0.05) is 6.08 Å². The zero-order chi connectivity index (χ0) is 11.6. The zero-order valence-corrected chi connectivity index (χ0v) is 9.98. The van der Waals surface area contributed by atoms with Gasteiger partial charge in [0.25, 0.3) is 0 Å². The maximum atomic E-state index is 5.38. The van der Waals surface area contributed by atoms with Crippen LogP contribution in [0.1, 0.15) is 12.0 Å². The van der Waals surface area contributed by atoms with Gasteiger partial charge < -0.3 is 10.1 Å². The largest absolute Gasteiger partial charge is 0.380 e. The van der Waals surface area contributed by atoms with Gasteiger partial charge in [0, 0.05) is 19.8 Å². The molecular formula is C12H21N3O. The second-order valence-corrected chi connectivity index (χ2v) is 3.71. The summed E-state index contributed by atoms with van der Waals surface area (Å²) < 4.78 is 7.21. The third-order valence-corrected chi connectivity index (χ3v) is 2.24. The highest BCUT2D eigenvalue weighted by Gasteiger charge is 1.95. The minimum atomic E-state index is 0.765. The van der Waals surface area contributed by atoms with E-state index in [9.17, 15) is 0 Å². The monoisotopic (exact) mass is 223 g/mol. The van der Waals surface area contributed by atoms with Gasteiger partial charge in [-0.3, -0.25) is 4.68 Å². The van der Waals surface area contributed by atoms with E-state index in [0.717, 1.165) is 39.1 Å². The number of hydrogen-bond acceptors (Lipinski definition) is 3. The van der Waals surface area contributed by atoms with E-state index in [1.807, 2.05) is 30.2 Å². The zero-order valence-electron chi connectivity index (χ0n) is 9.98. The Kier molecular flexibility index (Phi) is 6.53. The van der Waals surface area contributed by atoms with Gasteiger partial charge in [-0.2, -0.15) is 5.10 Å². The first-order chi connectivity index (χ1) is 7.83. The van der Waals surface area contributed by atoms with Crippen LogP contribution in [-0.2, 0) is 18.2 Å². The predicted octanol–water partition coefficient (Wildman–Crippen LogP) is 1.14. The third-order valence-electron chi connectivity index (χ3n) is 2.24. The fourth-order valence-corrected chi connectivity index (χ4v) is 1.37. The Morgan fingerprint density at radius 3 is 3.06 bits per heavy atom. The molecule has 1 N–H and O–H groups in total. The molecule has 4 heteroatoms. The van der Waals surface area contributed by atoms with E-state index in [1.54, 1.807) is 0 Å². The van der Waals surface area contributed by atoms with Crippen molar-refractivity contribution < 1.29 is 4.74 Å². The average Bonchev–Trinajstić information content (AvgIpc) is 2.68. The van der Waals surface area contributed by atoms with Crippen LogP contribution in [0.5, 0.6) is 0 Å². The van der Waals surface area contributed by atoms with Crippen LogP contribution in [0.25, 0.3) is 0 Å². The van der Waals surface area contributed by atoms with Gasteiger partial charge in [0.15, 0.2) is 0 Å². The van der Waals surface area contributed by atoms with E-state index in [0.29, 0.717) is 0 Å². The second-order valence-electron chi connectivity index (χ2n) is 3.71. The first-order valence-electron chi connectivity index (χ1n) is 5.70. The van der Waals surface area contributed by atoms with Crippen molar-refractivity contribution in [3.05, 3.63) is 30.6 Å². The summed E-state index contributed by atoms with van der Waals surface area (Å²) >= 11 is 0. The maximum absolute atomic E-state index is 5.38. The summed E-state index contributed by atoms with van der Waals surface area (Å²) in [4.78, 5) is 0. The molecule has 0 unspecified atom stereocenters. The smallest absolute Gasteiger partial charge is 0.0591 e. The Balaban J connectivity index is 1.90. The molecule has 90 valence electrons. The molecule has 0 aromatic carbocycles. The summed E-state index contributed by atoms with van der Waals surface area (Å²) in [5.41, 5.74) is 1.27. The minimum Gasteiger partial charge on any atom is -0.380 e. The van der Waals surface area contributed by atoms with E-state index in [-0.39, 0.29) is 0 Å². The summed E-state index contributed by atoms with van der Waals surface area (Å²) in [6.07, 6.45) is 7.76. The topological polar surface area (TPSA) is 39.1 Å². The molecule has 1 rings (SSSR count). The van der Waals surface area contributed by atoms with Crippen molar-refractivity contribution in [3.8, 4) is 0 Å². The number of nitrogens with one attached hydrogen (secondary N) is 1. The first kappa shape index (κ1) is 12.9. The molecule has 1 aromatic rings.